The number of hydrogen-bond donors (Lipinski definition) is 2. The van der Waals surface area contributed by atoms with E-state index in [1.807, 2.05) is 0 Å². The van der Waals surface area contributed by atoms with Crippen LogP contribution in [-0.4, -0.2) is 29.0 Å². The molecule has 0 saturated heterocycles. The van der Waals surface area contributed by atoms with E-state index in [2.05, 4.69) is 15.8 Å². The smallest absolute Gasteiger partial charge is 0.272 e. The van der Waals surface area contributed by atoms with Gasteiger partial charge < -0.3 is 5.32 Å². The SMILES string of the molecule is Cc1ccc(/C=N/NC(=O)C(NC(=O)c2ccccc2Cl)C(C)C)cc1[N+](=O)[O-]. The second-order valence-corrected chi connectivity index (χ2v) is 7.12. The molecule has 29 heavy (non-hydrogen) atoms. The molecule has 0 aliphatic rings. The minimum Gasteiger partial charge on any atom is -0.340 e. The number of hydrogen-bond acceptors (Lipinski definition) is 5. The van der Waals surface area contributed by atoms with Crippen LogP contribution in [0.5, 0.6) is 0 Å². The third-order valence-corrected chi connectivity index (χ3v) is 4.50. The lowest BCUT2D eigenvalue weighted by Gasteiger charge is -2.20. The summed E-state index contributed by atoms with van der Waals surface area (Å²) in [4.78, 5) is 35.4. The third kappa shape index (κ3) is 5.86. The minimum atomic E-state index is -0.844. The molecule has 2 N–H and O–H groups in total. The van der Waals surface area contributed by atoms with Crippen LogP contribution in [0.25, 0.3) is 0 Å². The first-order chi connectivity index (χ1) is 13.7. The molecule has 0 fully saturated rings. The minimum absolute atomic E-state index is 0.0349. The van der Waals surface area contributed by atoms with Crippen LogP contribution < -0.4 is 10.7 Å². The Balaban J connectivity index is 2.07. The highest BCUT2D eigenvalue weighted by atomic mass is 35.5. The highest BCUT2D eigenvalue weighted by Crippen LogP contribution is 2.18. The maximum atomic E-state index is 12.5. The fraction of sp³-hybridized carbons (Fsp3) is 0.250. The van der Waals surface area contributed by atoms with Crippen LogP contribution in [0, 0.1) is 23.0 Å². The van der Waals surface area contributed by atoms with Crippen LogP contribution in [0.2, 0.25) is 5.02 Å². The van der Waals surface area contributed by atoms with Gasteiger partial charge in [0.1, 0.15) is 6.04 Å². The van der Waals surface area contributed by atoms with Crippen molar-refractivity contribution in [3.05, 3.63) is 74.3 Å². The third-order valence-electron chi connectivity index (χ3n) is 4.17. The topological polar surface area (TPSA) is 114 Å². The Labute approximate surface area is 173 Å². The first kappa shape index (κ1) is 22.0. The molecule has 8 nitrogen and oxygen atoms in total. The maximum absolute atomic E-state index is 12.5. The molecule has 0 heterocycles. The average molecular weight is 417 g/mol. The molecule has 0 spiro atoms. The number of hydrazone groups is 1. The highest BCUT2D eigenvalue weighted by molar-refractivity contribution is 6.33. The lowest BCUT2D eigenvalue weighted by molar-refractivity contribution is -0.385. The van der Waals surface area contributed by atoms with Gasteiger partial charge in [-0.25, -0.2) is 5.43 Å². The molecule has 152 valence electrons. The molecule has 0 aromatic heterocycles. The number of amides is 2. The number of halogens is 1. The Bertz CT molecular complexity index is 959. The number of benzene rings is 2. The van der Waals surface area contributed by atoms with E-state index in [-0.39, 0.29) is 22.2 Å². The summed E-state index contributed by atoms with van der Waals surface area (Å²) in [5, 5.41) is 17.8. The van der Waals surface area contributed by atoms with Crippen molar-refractivity contribution in [2.24, 2.45) is 11.0 Å². The summed E-state index contributed by atoms with van der Waals surface area (Å²) in [6, 6.07) is 10.3. The average Bonchev–Trinajstić information content (AvgIpc) is 2.67. The highest BCUT2D eigenvalue weighted by Gasteiger charge is 2.25. The van der Waals surface area contributed by atoms with Gasteiger partial charge >= 0.3 is 0 Å². The van der Waals surface area contributed by atoms with Gasteiger partial charge in [-0.1, -0.05) is 49.7 Å². The zero-order chi connectivity index (χ0) is 21.6. The Morgan fingerprint density at radius 3 is 2.52 bits per heavy atom. The largest absolute Gasteiger partial charge is 0.340 e. The molecule has 0 aliphatic heterocycles. The Morgan fingerprint density at radius 2 is 1.90 bits per heavy atom. The summed E-state index contributed by atoms with van der Waals surface area (Å²) < 4.78 is 0. The van der Waals surface area contributed by atoms with Gasteiger partial charge in [0, 0.05) is 17.2 Å². The molecule has 0 radical (unpaired) electrons. The fourth-order valence-electron chi connectivity index (χ4n) is 2.54. The van der Waals surface area contributed by atoms with Gasteiger partial charge in [0.15, 0.2) is 0 Å². The van der Waals surface area contributed by atoms with Gasteiger partial charge in [-0.3, -0.25) is 19.7 Å². The monoisotopic (exact) mass is 416 g/mol. The molecule has 1 atom stereocenters. The van der Waals surface area contributed by atoms with E-state index in [9.17, 15) is 19.7 Å². The Kier molecular flexibility index (Phi) is 7.44. The molecule has 9 heteroatoms. The summed E-state index contributed by atoms with van der Waals surface area (Å²) in [6.45, 7) is 5.20. The van der Waals surface area contributed by atoms with Gasteiger partial charge in [-0.15, -0.1) is 0 Å². The van der Waals surface area contributed by atoms with Crippen LogP contribution in [-0.2, 0) is 4.79 Å². The molecule has 2 aromatic rings. The van der Waals surface area contributed by atoms with E-state index in [0.717, 1.165) is 0 Å². The summed E-state index contributed by atoms with van der Waals surface area (Å²) in [5.41, 5.74) is 3.58. The second kappa shape index (κ2) is 9.79. The molecular formula is C20H21ClN4O4. The van der Waals surface area contributed by atoms with Gasteiger partial charge in [0.05, 0.1) is 21.7 Å². The van der Waals surface area contributed by atoms with Crippen LogP contribution in [0.3, 0.4) is 0 Å². The van der Waals surface area contributed by atoms with Crippen LogP contribution in [0.15, 0.2) is 47.6 Å². The number of aryl methyl sites for hydroxylation is 1. The van der Waals surface area contributed by atoms with Crippen molar-refractivity contribution < 1.29 is 14.5 Å². The van der Waals surface area contributed by atoms with Crippen LogP contribution >= 0.6 is 11.6 Å². The molecular weight excluding hydrogens is 396 g/mol. The molecule has 2 aromatic carbocycles. The van der Waals surface area contributed by atoms with Crippen molar-refractivity contribution in [1.29, 1.82) is 0 Å². The predicted molar refractivity (Wildman–Crippen MR) is 111 cm³/mol. The summed E-state index contributed by atoms with van der Waals surface area (Å²) in [5.74, 6) is -1.20. The van der Waals surface area contributed by atoms with Gasteiger partial charge in [-0.2, -0.15) is 5.10 Å². The van der Waals surface area contributed by atoms with E-state index in [4.69, 9.17) is 11.6 Å². The van der Waals surface area contributed by atoms with Crippen molar-refractivity contribution >= 4 is 35.3 Å². The lowest BCUT2D eigenvalue weighted by atomic mass is 10.0. The van der Waals surface area contributed by atoms with Crippen molar-refractivity contribution in [1.82, 2.24) is 10.7 Å². The van der Waals surface area contributed by atoms with Crippen molar-refractivity contribution in [2.45, 2.75) is 26.8 Å². The number of nitro groups is 1. The maximum Gasteiger partial charge on any atom is 0.272 e. The van der Waals surface area contributed by atoms with Crippen LogP contribution in [0.1, 0.15) is 35.3 Å². The normalized spacial score (nSPS) is 12.0. The number of nitrogens with one attached hydrogen (secondary N) is 2. The standard InChI is InChI=1S/C20H21ClN4O4/c1-12(2)18(23-19(26)15-6-4-5-7-16(15)21)20(27)24-22-11-14-9-8-13(3)17(10-14)25(28)29/h4-12,18H,1-3H3,(H,23,26)(H,24,27)/b22-11+. The van der Waals surface area contributed by atoms with Gasteiger partial charge in [0.25, 0.3) is 17.5 Å². The number of nitro benzene ring substituents is 1. The van der Waals surface area contributed by atoms with Gasteiger partial charge in [-0.05, 0) is 25.0 Å². The summed E-state index contributed by atoms with van der Waals surface area (Å²) in [6.07, 6.45) is 1.30. The molecule has 2 rings (SSSR count). The fourth-order valence-corrected chi connectivity index (χ4v) is 2.76. The molecule has 2 amide bonds. The van der Waals surface area contributed by atoms with E-state index >= 15 is 0 Å². The molecule has 1 unspecified atom stereocenters. The number of carbonyl (C=O) groups excluding carboxylic acids is 2. The van der Waals surface area contributed by atoms with E-state index in [1.54, 1.807) is 57.2 Å². The predicted octanol–water partition coefficient (Wildman–Crippen LogP) is 3.46. The van der Waals surface area contributed by atoms with Crippen LogP contribution in [0.4, 0.5) is 5.69 Å². The Morgan fingerprint density at radius 1 is 1.21 bits per heavy atom. The quantitative estimate of drug-likeness (QED) is 0.408. The first-order valence-corrected chi connectivity index (χ1v) is 9.22. The number of rotatable bonds is 7. The number of carbonyl (C=O) groups is 2. The summed E-state index contributed by atoms with van der Waals surface area (Å²) in [7, 11) is 0. The molecule has 0 saturated carbocycles. The van der Waals surface area contributed by atoms with Crippen molar-refractivity contribution in [3.63, 3.8) is 0 Å². The zero-order valence-corrected chi connectivity index (χ0v) is 16.9. The summed E-state index contributed by atoms with van der Waals surface area (Å²) >= 11 is 6.03. The van der Waals surface area contributed by atoms with E-state index < -0.39 is 22.8 Å². The second-order valence-electron chi connectivity index (χ2n) is 6.71. The zero-order valence-electron chi connectivity index (χ0n) is 16.2. The van der Waals surface area contributed by atoms with Crippen molar-refractivity contribution in [3.8, 4) is 0 Å². The molecule has 0 bridgehead atoms. The Hall–Kier alpha value is -3.26. The first-order valence-electron chi connectivity index (χ1n) is 8.84. The van der Waals surface area contributed by atoms with E-state index in [1.165, 1.54) is 12.3 Å². The van der Waals surface area contributed by atoms with Crippen molar-refractivity contribution in [2.75, 3.05) is 0 Å². The van der Waals surface area contributed by atoms with Gasteiger partial charge in [0.2, 0.25) is 0 Å². The molecule has 0 aliphatic carbocycles. The number of nitrogens with zero attached hydrogens (tertiary/aromatic N) is 2. The lowest BCUT2D eigenvalue weighted by Crippen LogP contribution is -2.48. The van der Waals surface area contributed by atoms with E-state index in [0.29, 0.717) is 11.1 Å².